The second-order valence-corrected chi connectivity index (χ2v) is 6.56. The van der Waals surface area contributed by atoms with E-state index in [1.165, 1.54) is 32.1 Å². The van der Waals surface area contributed by atoms with Crippen LogP contribution >= 0.6 is 0 Å². The SMILES string of the molecule is CC1CC(C)C(C(N)=O)C(CC2CCCCC2)N1. The molecular weight excluding hydrogens is 224 g/mol. The molecule has 3 N–H and O–H groups in total. The smallest absolute Gasteiger partial charge is 0.222 e. The van der Waals surface area contributed by atoms with Crippen molar-refractivity contribution in [3.63, 3.8) is 0 Å². The lowest BCUT2D eigenvalue weighted by Crippen LogP contribution is -2.54. The first kappa shape index (κ1) is 13.9. The maximum absolute atomic E-state index is 11.7. The van der Waals surface area contributed by atoms with E-state index in [9.17, 15) is 4.79 Å². The number of hydrogen-bond donors (Lipinski definition) is 2. The van der Waals surface area contributed by atoms with E-state index in [2.05, 4.69) is 19.2 Å². The monoisotopic (exact) mass is 252 g/mol. The molecule has 1 amide bonds. The van der Waals surface area contributed by atoms with E-state index in [1.54, 1.807) is 0 Å². The number of primary amides is 1. The molecule has 0 bridgehead atoms. The zero-order valence-electron chi connectivity index (χ0n) is 11.8. The molecule has 0 aromatic heterocycles. The standard InChI is InChI=1S/C15H28N2O/c1-10-8-11(2)17-13(14(10)15(16)18)9-12-6-4-3-5-7-12/h10-14,17H,3-9H2,1-2H3,(H2,16,18). The lowest BCUT2D eigenvalue weighted by Gasteiger charge is -2.41. The van der Waals surface area contributed by atoms with Crippen LogP contribution in [0.3, 0.4) is 0 Å². The van der Waals surface area contributed by atoms with Crippen LogP contribution in [0.15, 0.2) is 0 Å². The number of carbonyl (C=O) groups excluding carboxylic acids is 1. The van der Waals surface area contributed by atoms with Crippen molar-refractivity contribution < 1.29 is 4.79 Å². The molecule has 0 radical (unpaired) electrons. The van der Waals surface area contributed by atoms with Crippen molar-refractivity contribution in [2.45, 2.75) is 70.9 Å². The zero-order valence-corrected chi connectivity index (χ0v) is 11.8. The number of hydrogen-bond acceptors (Lipinski definition) is 2. The Morgan fingerprint density at radius 3 is 2.50 bits per heavy atom. The van der Waals surface area contributed by atoms with Crippen LogP contribution in [-0.2, 0) is 4.79 Å². The third-order valence-electron chi connectivity index (χ3n) is 4.91. The van der Waals surface area contributed by atoms with E-state index in [0.717, 1.165) is 18.8 Å². The summed E-state index contributed by atoms with van der Waals surface area (Å²) in [4.78, 5) is 11.7. The quantitative estimate of drug-likeness (QED) is 0.810. The number of nitrogens with two attached hydrogens (primary N) is 1. The van der Waals surface area contributed by atoms with Crippen molar-refractivity contribution in [2.24, 2.45) is 23.5 Å². The van der Waals surface area contributed by atoms with Crippen LogP contribution in [0.1, 0.15) is 58.8 Å². The fourth-order valence-corrected chi connectivity index (χ4v) is 4.11. The molecule has 2 aliphatic rings. The molecule has 0 aromatic rings. The summed E-state index contributed by atoms with van der Waals surface area (Å²) in [5.41, 5.74) is 5.62. The van der Waals surface area contributed by atoms with Crippen molar-refractivity contribution >= 4 is 5.91 Å². The van der Waals surface area contributed by atoms with Gasteiger partial charge < -0.3 is 11.1 Å². The van der Waals surface area contributed by atoms with Crippen LogP contribution in [0.2, 0.25) is 0 Å². The van der Waals surface area contributed by atoms with Gasteiger partial charge in [0.2, 0.25) is 5.91 Å². The molecule has 18 heavy (non-hydrogen) atoms. The zero-order chi connectivity index (χ0) is 13.1. The molecular formula is C15H28N2O. The molecule has 0 spiro atoms. The summed E-state index contributed by atoms with van der Waals surface area (Å²) in [6.45, 7) is 4.40. The van der Waals surface area contributed by atoms with Gasteiger partial charge in [-0.3, -0.25) is 4.79 Å². The normalized spacial score (nSPS) is 38.6. The minimum absolute atomic E-state index is 0.0307. The number of nitrogens with one attached hydrogen (secondary N) is 1. The van der Waals surface area contributed by atoms with E-state index < -0.39 is 0 Å². The van der Waals surface area contributed by atoms with Crippen LogP contribution in [0.5, 0.6) is 0 Å². The molecule has 1 saturated heterocycles. The number of carbonyl (C=O) groups is 1. The maximum atomic E-state index is 11.7. The van der Waals surface area contributed by atoms with Crippen molar-refractivity contribution in [3.8, 4) is 0 Å². The third-order valence-corrected chi connectivity index (χ3v) is 4.91. The molecule has 3 nitrogen and oxygen atoms in total. The van der Waals surface area contributed by atoms with Crippen LogP contribution in [0, 0.1) is 17.8 Å². The van der Waals surface area contributed by atoms with E-state index >= 15 is 0 Å². The number of amides is 1. The van der Waals surface area contributed by atoms with Gasteiger partial charge in [-0.15, -0.1) is 0 Å². The van der Waals surface area contributed by atoms with Gasteiger partial charge >= 0.3 is 0 Å². The molecule has 0 aromatic carbocycles. The van der Waals surface area contributed by atoms with Crippen LogP contribution < -0.4 is 11.1 Å². The summed E-state index contributed by atoms with van der Waals surface area (Å²) in [5.74, 6) is 1.15. The van der Waals surface area contributed by atoms with Gasteiger partial charge in [0.15, 0.2) is 0 Å². The van der Waals surface area contributed by atoms with E-state index in [0.29, 0.717) is 18.0 Å². The van der Waals surface area contributed by atoms with Crippen molar-refractivity contribution in [2.75, 3.05) is 0 Å². The van der Waals surface area contributed by atoms with Crippen molar-refractivity contribution in [3.05, 3.63) is 0 Å². The Balaban J connectivity index is 1.99. The van der Waals surface area contributed by atoms with Gasteiger partial charge in [0.25, 0.3) is 0 Å². The average molecular weight is 252 g/mol. The Hall–Kier alpha value is -0.570. The first-order chi connectivity index (χ1) is 8.58. The van der Waals surface area contributed by atoms with E-state index in [-0.39, 0.29) is 11.8 Å². The number of piperidine rings is 1. The molecule has 4 atom stereocenters. The minimum Gasteiger partial charge on any atom is -0.369 e. The van der Waals surface area contributed by atoms with Crippen molar-refractivity contribution in [1.82, 2.24) is 5.32 Å². The Bertz CT molecular complexity index is 286. The van der Waals surface area contributed by atoms with Gasteiger partial charge in [0.05, 0.1) is 5.92 Å². The summed E-state index contributed by atoms with van der Waals surface area (Å²) in [6, 6.07) is 0.827. The average Bonchev–Trinajstić information content (AvgIpc) is 2.28. The highest BCUT2D eigenvalue weighted by Gasteiger charge is 2.38. The molecule has 104 valence electrons. The van der Waals surface area contributed by atoms with Gasteiger partial charge in [0, 0.05) is 12.1 Å². The second kappa shape index (κ2) is 6.05. The Morgan fingerprint density at radius 2 is 1.89 bits per heavy atom. The summed E-state index contributed by atoms with van der Waals surface area (Å²) < 4.78 is 0. The third kappa shape index (κ3) is 3.25. The molecule has 1 aliphatic carbocycles. The molecule has 4 unspecified atom stereocenters. The molecule has 3 heteroatoms. The predicted molar refractivity (Wildman–Crippen MR) is 74.0 cm³/mol. The van der Waals surface area contributed by atoms with Gasteiger partial charge in [-0.05, 0) is 31.6 Å². The second-order valence-electron chi connectivity index (χ2n) is 6.56. The molecule has 1 heterocycles. The fourth-order valence-electron chi connectivity index (χ4n) is 4.11. The minimum atomic E-state index is -0.109. The summed E-state index contributed by atoms with van der Waals surface area (Å²) >= 11 is 0. The Morgan fingerprint density at radius 1 is 1.22 bits per heavy atom. The van der Waals surface area contributed by atoms with Crippen molar-refractivity contribution in [1.29, 1.82) is 0 Å². The molecule has 2 fully saturated rings. The maximum Gasteiger partial charge on any atom is 0.222 e. The molecule has 1 aliphatic heterocycles. The fraction of sp³-hybridized carbons (Fsp3) is 0.933. The lowest BCUT2D eigenvalue weighted by molar-refractivity contribution is -0.125. The Labute approximate surface area is 111 Å². The topological polar surface area (TPSA) is 55.1 Å². The predicted octanol–water partition coefficient (Wildman–Crippen LogP) is 2.44. The first-order valence-electron chi connectivity index (χ1n) is 7.63. The molecule has 2 rings (SSSR count). The lowest BCUT2D eigenvalue weighted by atomic mass is 9.74. The highest BCUT2D eigenvalue weighted by molar-refractivity contribution is 5.77. The summed E-state index contributed by atoms with van der Waals surface area (Å²) in [5, 5.41) is 3.62. The van der Waals surface area contributed by atoms with Gasteiger partial charge in [0.1, 0.15) is 0 Å². The van der Waals surface area contributed by atoms with Gasteiger partial charge in [-0.1, -0.05) is 39.0 Å². The van der Waals surface area contributed by atoms with Crippen LogP contribution in [-0.4, -0.2) is 18.0 Å². The highest BCUT2D eigenvalue weighted by Crippen LogP contribution is 2.34. The number of rotatable bonds is 3. The van der Waals surface area contributed by atoms with Gasteiger partial charge in [-0.2, -0.15) is 0 Å². The van der Waals surface area contributed by atoms with E-state index in [4.69, 9.17) is 5.73 Å². The van der Waals surface area contributed by atoms with E-state index in [1.807, 2.05) is 0 Å². The summed E-state index contributed by atoms with van der Waals surface area (Å²) in [6.07, 6.45) is 9.00. The Kier molecular flexibility index (Phi) is 4.66. The first-order valence-corrected chi connectivity index (χ1v) is 7.63. The van der Waals surface area contributed by atoms with Crippen LogP contribution in [0.25, 0.3) is 0 Å². The van der Waals surface area contributed by atoms with Gasteiger partial charge in [-0.25, -0.2) is 0 Å². The largest absolute Gasteiger partial charge is 0.369 e. The molecule has 1 saturated carbocycles. The van der Waals surface area contributed by atoms with Crippen LogP contribution in [0.4, 0.5) is 0 Å². The highest BCUT2D eigenvalue weighted by atomic mass is 16.1. The summed E-state index contributed by atoms with van der Waals surface area (Å²) in [7, 11) is 0.